The van der Waals surface area contributed by atoms with E-state index >= 15 is 0 Å². The van der Waals surface area contributed by atoms with Crippen LogP contribution in [0.15, 0.2) is 24.3 Å². The highest BCUT2D eigenvalue weighted by Crippen LogP contribution is 2.38. The summed E-state index contributed by atoms with van der Waals surface area (Å²) in [4.78, 5) is 0. The summed E-state index contributed by atoms with van der Waals surface area (Å²) in [5.74, 6) is -0.139. The van der Waals surface area contributed by atoms with Crippen molar-refractivity contribution >= 4 is 0 Å². The minimum Gasteiger partial charge on any atom is -0.343 e. The van der Waals surface area contributed by atoms with Crippen molar-refractivity contribution in [3.63, 3.8) is 0 Å². The lowest BCUT2D eigenvalue weighted by molar-refractivity contribution is -0.173. The Morgan fingerprint density at radius 1 is 1.10 bits per heavy atom. The average Bonchev–Trinajstić information content (AvgIpc) is 2.97. The maximum absolute atomic E-state index is 13.1. The Bertz CT molecular complexity index is 423. The number of benzene rings is 1. The smallest absolute Gasteiger partial charge is 0.194 e. The van der Waals surface area contributed by atoms with E-state index in [0.717, 1.165) is 37.4 Å². The molecule has 0 aliphatic carbocycles. The largest absolute Gasteiger partial charge is 0.343 e. The van der Waals surface area contributed by atoms with Crippen molar-refractivity contribution in [1.29, 1.82) is 0 Å². The number of rotatable bonds is 4. The third-order valence-corrected chi connectivity index (χ3v) is 4.38. The third kappa shape index (κ3) is 3.03. The number of ether oxygens (including phenoxy) is 2. The van der Waals surface area contributed by atoms with Gasteiger partial charge in [-0.05, 0) is 50.4 Å². The van der Waals surface area contributed by atoms with Crippen LogP contribution in [0.25, 0.3) is 0 Å². The first kappa shape index (κ1) is 14.0. The molecular weight excluding hydrogens is 257 g/mol. The normalized spacial score (nSPS) is 23.1. The number of hydrogen-bond donors (Lipinski definition) is 1. The van der Waals surface area contributed by atoms with Gasteiger partial charge in [-0.2, -0.15) is 0 Å². The molecule has 1 aromatic rings. The molecule has 1 N–H and O–H groups in total. The van der Waals surface area contributed by atoms with E-state index in [9.17, 15) is 4.39 Å². The molecule has 0 bridgehead atoms. The number of halogens is 1. The summed E-state index contributed by atoms with van der Waals surface area (Å²) in [7, 11) is 0. The quantitative estimate of drug-likeness (QED) is 0.919. The molecule has 2 fully saturated rings. The maximum atomic E-state index is 13.1. The van der Waals surface area contributed by atoms with Gasteiger partial charge in [0.05, 0.1) is 13.2 Å². The van der Waals surface area contributed by atoms with Gasteiger partial charge in [-0.3, -0.25) is 0 Å². The molecule has 2 aliphatic rings. The van der Waals surface area contributed by atoms with Crippen LogP contribution in [0, 0.1) is 11.7 Å². The Morgan fingerprint density at radius 2 is 1.75 bits per heavy atom. The highest BCUT2D eigenvalue weighted by molar-refractivity contribution is 5.22. The van der Waals surface area contributed by atoms with E-state index in [1.54, 1.807) is 12.1 Å². The van der Waals surface area contributed by atoms with Crippen molar-refractivity contribution in [2.75, 3.05) is 26.3 Å². The van der Waals surface area contributed by atoms with Gasteiger partial charge < -0.3 is 14.8 Å². The zero-order chi connectivity index (χ0) is 13.8. The van der Waals surface area contributed by atoms with E-state index in [1.165, 1.54) is 25.0 Å². The van der Waals surface area contributed by atoms with Gasteiger partial charge in [0.1, 0.15) is 5.82 Å². The predicted octanol–water partition coefficient (Wildman–Crippen LogP) is 2.81. The van der Waals surface area contributed by atoms with Crippen LogP contribution in [-0.4, -0.2) is 26.3 Å². The van der Waals surface area contributed by atoms with Crippen molar-refractivity contribution in [2.24, 2.45) is 5.92 Å². The first-order chi connectivity index (χ1) is 9.78. The summed E-state index contributed by atoms with van der Waals surface area (Å²) in [6.07, 6.45) is 4.39. The fourth-order valence-corrected chi connectivity index (χ4v) is 3.18. The van der Waals surface area contributed by atoms with Gasteiger partial charge in [-0.15, -0.1) is 0 Å². The average molecular weight is 279 g/mol. The van der Waals surface area contributed by atoms with E-state index in [-0.39, 0.29) is 5.82 Å². The first-order valence-electron chi connectivity index (χ1n) is 7.53. The Hall–Kier alpha value is -0.970. The second-order valence-corrected chi connectivity index (χ2v) is 5.69. The molecule has 0 amide bonds. The van der Waals surface area contributed by atoms with Crippen molar-refractivity contribution in [3.05, 3.63) is 35.6 Å². The molecule has 2 heterocycles. The van der Waals surface area contributed by atoms with Crippen LogP contribution in [0.4, 0.5) is 4.39 Å². The van der Waals surface area contributed by atoms with Gasteiger partial charge in [0, 0.05) is 12.0 Å². The number of hydrogen-bond acceptors (Lipinski definition) is 3. The molecule has 3 nitrogen and oxygen atoms in total. The van der Waals surface area contributed by atoms with Gasteiger partial charge in [0.15, 0.2) is 5.79 Å². The summed E-state index contributed by atoms with van der Waals surface area (Å²) >= 11 is 0. The van der Waals surface area contributed by atoms with Gasteiger partial charge >= 0.3 is 0 Å². The Labute approximate surface area is 119 Å². The van der Waals surface area contributed by atoms with Gasteiger partial charge in [-0.1, -0.05) is 12.1 Å². The first-order valence-corrected chi connectivity index (χ1v) is 7.53. The van der Waals surface area contributed by atoms with Crippen molar-refractivity contribution in [1.82, 2.24) is 5.32 Å². The Morgan fingerprint density at radius 3 is 2.40 bits per heavy atom. The van der Waals surface area contributed by atoms with Crippen LogP contribution in [0.3, 0.4) is 0 Å². The zero-order valence-electron chi connectivity index (χ0n) is 11.7. The van der Waals surface area contributed by atoms with Crippen molar-refractivity contribution < 1.29 is 13.9 Å². The van der Waals surface area contributed by atoms with Crippen molar-refractivity contribution in [3.8, 4) is 0 Å². The molecule has 0 aromatic heterocycles. The predicted molar refractivity (Wildman–Crippen MR) is 74.8 cm³/mol. The minimum atomic E-state index is -0.654. The fourth-order valence-electron chi connectivity index (χ4n) is 3.18. The SMILES string of the molecule is Fc1ccc(C2(CCC3CCNCC3)OCCO2)cc1. The number of nitrogens with one attached hydrogen (secondary N) is 1. The van der Waals surface area contributed by atoms with E-state index < -0.39 is 5.79 Å². The summed E-state index contributed by atoms with van der Waals surface area (Å²) in [6.45, 7) is 3.44. The topological polar surface area (TPSA) is 30.5 Å². The molecule has 0 spiro atoms. The monoisotopic (exact) mass is 279 g/mol. The molecule has 2 aliphatic heterocycles. The van der Waals surface area contributed by atoms with E-state index in [1.807, 2.05) is 0 Å². The van der Waals surface area contributed by atoms with Crippen LogP contribution < -0.4 is 5.32 Å². The third-order valence-electron chi connectivity index (χ3n) is 4.38. The van der Waals surface area contributed by atoms with Crippen LogP contribution in [-0.2, 0) is 15.3 Å². The van der Waals surface area contributed by atoms with E-state index in [2.05, 4.69) is 5.32 Å². The Kier molecular flexibility index (Phi) is 4.34. The van der Waals surface area contributed by atoms with E-state index in [0.29, 0.717) is 13.2 Å². The second-order valence-electron chi connectivity index (χ2n) is 5.69. The summed E-state index contributed by atoms with van der Waals surface area (Å²) in [5.41, 5.74) is 0.935. The van der Waals surface area contributed by atoms with Crippen LogP contribution in [0.1, 0.15) is 31.2 Å². The molecule has 0 radical (unpaired) electrons. The lowest BCUT2D eigenvalue weighted by Crippen LogP contribution is -2.31. The molecule has 3 rings (SSSR count). The number of piperidine rings is 1. The zero-order valence-corrected chi connectivity index (χ0v) is 11.7. The van der Waals surface area contributed by atoms with Gasteiger partial charge in [0.25, 0.3) is 0 Å². The molecule has 2 saturated heterocycles. The molecule has 0 atom stereocenters. The van der Waals surface area contributed by atoms with Crippen LogP contribution in [0.5, 0.6) is 0 Å². The summed E-state index contributed by atoms with van der Waals surface area (Å²) in [6, 6.07) is 6.52. The summed E-state index contributed by atoms with van der Waals surface area (Å²) in [5, 5.41) is 3.39. The van der Waals surface area contributed by atoms with Crippen LogP contribution in [0.2, 0.25) is 0 Å². The lowest BCUT2D eigenvalue weighted by atomic mass is 9.89. The highest BCUT2D eigenvalue weighted by Gasteiger charge is 2.38. The lowest BCUT2D eigenvalue weighted by Gasteiger charge is -2.31. The van der Waals surface area contributed by atoms with Crippen molar-refractivity contribution in [2.45, 2.75) is 31.5 Å². The molecule has 0 unspecified atom stereocenters. The minimum absolute atomic E-state index is 0.222. The molecular formula is C16H22FNO2. The molecule has 0 saturated carbocycles. The molecule has 4 heteroatoms. The van der Waals surface area contributed by atoms with Gasteiger partial charge in [-0.25, -0.2) is 4.39 Å². The standard InChI is InChI=1S/C16H22FNO2/c17-15-3-1-14(2-4-15)16(19-11-12-20-16)8-5-13-6-9-18-10-7-13/h1-4,13,18H,5-12H2. The van der Waals surface area contributed by atoms with E-state index in [4.69, 9.17) is 9.47 Å². The van der Waals surface area contributed by atoms with Gasteiger partial charge in [0.2, 0.25) is 0 Å². The highest BCUT2D eigenvalue weighted by atomic mass is 19.1. The second kappa shape index (κ2) is 6.20. The molecule has 110 valence electrons. The maximum Gasteiger partial charge on any atom is 0.194 e. The molecule has 1 aromatic carbocycles. The Balaban J connectivity index is 1.69. The van der Waals surface area contributed by atoms with Crippen LogP contribution >= 0.6 is 0 Å². The fraction of sp³-hybridized carbons (Fsp3) is 0.625. The summed E-state index contributed by atoms with van der Waals surface area (Å²) < 4.78 is 24.9. The molecule has 20 heavy (non-hydrogen) atoms.